The zero-order valence-corrected chi connectivity index (χ0v) is 12.7. The van der Waals surface area contributed by atoms with E-state index in [4.69, 9.17) is 4.74 Å². The van der Waals surface area contributed by atoms with E-state index in [0.717, 1.165) is 6.54 Å². The van der Waals surface area contributed by atoms with Crippen LogP contribution in [0.5, 0.6) is 0 Å². The third kappa shape index (κ3) is 3.19. The molecule has 1 fully saturated rings. The van der Waals surface area contributed by atoms with E-state index in [1.807, 2.05) is 19.9 Å². The molecule has 2 rings (SSSR count). The molecule has 0 spiro atoms. The van der Waals surface area contributed by atoms with Crippen molar-refractivity contribution >= 4 is 5.91 Å². The second-order valence-corrected chi connectivity index (χ2v) is 5.53. The molecule has 4 nitrogen and oxygen atoms in total. The van der Waals surface area contributed by atoms with Gasteiger partial charge in [0.15, 0.2) is 0 Å². The smallest absolute Gasteiger partial charge is 0.240 e. The van der Waals surface area contributed by atoms with Crippen LogP contribution in [0.15, 0.2) is 18.2 Å². The molecule has 0 aliphatic carbocycles. The second kappa shape index (κ2) is 6.37. The summed E-state index contributed by atoms with van der Waals surface area (Å²) in [5.74, 6) is 0.00519. The van der Waals surface area contributed by atoms with E-state index in [0.29, 0.717) is 6.61 Å². The Bertz CT molecular complexity index is 487. The summed E-state index contributed by atoms with van der Waals surface area (Å²) in [4.78, 5) is 12.3. The van der Waals surface area contributed by atoms with Crippen LogP contribution in [-0.4, -0.2) is 31.2 Å². The maximum atomic E-state index is 12.3. The van der Waals surface area contributed by atoms with Crippen LogP contribution in [0.1, 0.15) is 36.6 Å². The Morgan fingerprint density at radius 2 is 2.20 bits per heavy atom. The first-order valence-electron chi connectivity index (χ1n) is 7.22. The first-order valence-corrected chi connectivity index (χ1v) is 7.22. The van der Waals surface area contributed by atoms with Crippen molar-refractivity contribution < 1.29 is 9.53 Å². The molecule has 0 bridgehead atoms. The zero-order valence-electron chi connectivity index (χ0n) is 12.7. The summed E-state index contributed by atoms with van der Waals surface area (Å²) in [5, 5.41) is 6.30. The van der Waals surface area contributed by atoms with Crippen LogP contribution >= 0.6 is 0 Å². The molecular weight excluding hydrogens is 252 g/mol. The van der Waals surface area contributed by atoms with Gasteiger partial charge in [-0.1, -0.05) is 18.2 Å². The molecule has 110 valence electrons. The summed E-state index contributed by atoms with van der Waals surface area (Å²) in [7, 11) is 0. The SMILES string of the molecule is Cc1cccc(C(C)NC(=O)[C@H]2NCCO[C@@H]2C)c1C. The fraction of sp³-hybridized carbons (Fsp3) is 0.562. The lowest BCUT2D eigenvalue weighted by Gasteiger charge is -2.30. The van der Waals surface area contributed by atoms with Gasteiger partial charge in [-0.25, -0.2) is 0 Å². The van der Waals surface area contributed by atoms with Gasteiger partial charge in [0, 0.05) is 6.54 Å². The number of hydrogen-bond acceptors (Lipinski definition) is 3. The lowest BCUT2D eigenvalue weighted by molar-refractivity contribution is -0.129. The Morgan fingerprint density at radius 3 is 2.90 bits per heavy atom. The van der Waals surface area contributed by atoms with Gasteiger partial charge >= 0.3 is 0 Å². The molecule has 1 heterocycles. The van der Waals surface area contributed by atoms with Crippen LogP contribution in [0.3, 0.4) is 0 Å². The summed E-state index contributed by atoms with van der Waals surface area (Å²) < 4.78 is 5.52. The molecule has 0 aromatic heterocycles. The average molecular weight is 276 g/mol. The Kier molecular flexibility index (Phi) is 4.78. The highest BCUT2D eigenvalue weighted by Gasteiger charge is 2.29. The number of benzene rings is 1. The quantitative estimate of drug-likeness (QED) is 0.886. The monoisotopic (exact) mass is 276 g/mol. The number of amides is 1. The maximum absolute atomic E-state index is 12.3. The standard InChI is InChI=1S/C16H24N2O2/c1-10-6-5-7-14(11(10)2)12(3)18-16(19)15-13(4)20-9-8-17-15/h5-7,12-13,15,17H,8-9H2,1-4H3,(H,18,19)/t12?,13-,15+/m1/s1. The Hall–Kier alpha value is -1.39. The van der Waals surface area contributed by atoms with Crippen LogP contribution < -0.4 is 10.6 Å². The van der Waals surface area contributed by atoms with Crippen molar-refractivity contribution in [2.45, 2.75) is 45.9 Å². The van der Waals surface area contributed by atoms with Gasteiger partial charge in [-0.3, -0.25) is 4.79 Å². The van der Waals surface area contributed by atoms with Gasteiger partial charge in [-0.15, -0.1) is 0 Å². The topological polar surface area (TPSA) is 50.4 Å². The van der Waals surface area contributed by atoms with Crippen molar-refractivity contribution in [3.05, 3.63) is 34.9 Å². The fourth-order valence-corrected chi connectivity index (χ4v) is 2.65. The molecule has 2 N–H and O–H groups in total. The second-order valence-electron chi connectivity index (χ2n) is 5.53. The molecule has 0 radical (unpaired) electrons. The first kappa shape index (κ1) is 15.0. The predicted molar refractivity (Wildman–Crippen MR) is 79.7 cm³/mol. The molecule has 4 heteroatoms. The molecule has 1 aromatic rings. The number of morpholine rings is 1. The van der Waals surface area contributed by atoms with Gasteiger partial charge in [0.05, 0.1) is 18.8 Å². The van der Waals surface area contributed by atoms with Crippen molar-refractivity contribution in [3.63, 3.8) is 0 Å². The average Bonchev–Trinajstić information content (AvgIpc) is 2.42. The molecule has 20 heavy (non-hydrogen) atoms. The normalized spacial score (nSPS) is 24.2. The third-order valence-electron chi connectivity index (χ3n) is 4.07. The van der Waals surface area contributed by atoms with E-state index in [-0.39, 0.29) is 24.1 Å². The minimum Gasteiger partial charge on any atom is -0.375 e. The van der Waals surface area contributed by atoms with Gasteiger partial charge in [0.1, 0.15) is 6.04 Å². The van der Waals surface area contributed by atoms with Crippen molar-refractivity contribution in [2.75, 3.05) is 13.2 Å². The van der Waals surface area contributed by atoms with E-state index in [2.05, 4.69) is 36.6 Å². The highest BCUT2D eigenvalue weighted by Crippen LogP contribution is 2.20. The van der Waals surface area contributed by atoms with Gasteiger partial charge in [0.2, 0.25) is 5.91 Å². The Morgan fingerprint density at radius 1 is 1.45 bits per heavy atom. The summed E-state index contributed by atoms with van der Waals surface area (Å²) in [6, 6.07) is 5.92. The molecular formula is C16H24N2O2. The maximum Gasteiger partial charge on any atom is 0.240 e. The van der Waals surface area contributed by atoms with Gasteiger partial charge in [-0.05, 0) is 44.4 Å². The van der Waals surface area contributed by atoms with Crippen LogP contribution in [0.4, 0.5) is 0 Å². The van der Waals surface area contributed by atoms with Gasteiger partial charge < -0.3 is 15.4 Å². The highest BCUT2D eigenvalue weighted by atomic mass is 16.5. The lowest BCUT2D eigenvalue weighted by atomic mass is 9.98. The molecule has 1 aliphatic heterocycles. The number of rotatable bonds is 3. The largest absolute Gasteiger partial charge is 0.375 e. The number of nitrogens with one attached hydrogen (secondary N) is 2. The van der Waals surface area contributed by atoms with Crippen LogP contribution in [0.2, 0.25) is 0 Å². The van der Waals surface area contributed by atoms with Crippen molar-refractivity contribution in [2.24, 2.45) is 0 Å². The van der Waals surface area contributed by atoms with E-state index in [1.165, 1.54) is 16.7 Å². The van der Waals surface area contributed by atoms with E-state index in [1.54, 1.807) is 0 Å². The number of hydrogen-bond donors (Lipinski definition) is 2. The summed E-state index contributed by atoms with van der Waals surface area (Å²) in [6.07, 6.45) is -0.0884. The van der Waals surface area contributed by atoms with E-state index >= 15 is 0 Å². The summed E-state index contributed by atoms with van der Waals surface area (Å²) in [6.45, 7) is 9.52. The predicted octanol–water partition coefficient (Wildman–Crippen LogP) is 1.86. The van der Waals surface area contributed by atoms with Crippen LogP contribution in [0, 0.1) is 13.8 Å². The van der Waals surface area contributed by atoms with Crippen LogP contribution in [0.25, 0.3) is 0 Å². The van der Waals surface area contributed by atoms with Crippen molar-refractivity contribution in [3.8, 4) is 0 Å². The number of ether oxygens (including phenoxy) is 1. The molecule has 1 saturated heterocycles. The van der Waals surface area contributed by atoms with E-state index < -0.39 is 0 Å². The Labute approximate surface area is 120 Å². The molecule has 1 aliphatic rings. The third-order valence-corrected chi connectivity index (χ3v) is 4.07. The van der Waals surface area contributed by atoms with Crippen molar-refractivity contribution in [1.82, 2.24) is 10.6 Å². The highest BCUT2D eigenvalue weighted by molar-refractivity contribution is 5.83. The minimum absolute atomic E-state index is 0.00155. The fourth-order valence-electron chi connectivity index (χ4n) is 2.65. The molecule has 1 aromatic carbocycles. The van der Waals surface area contributed by atoms with E-state index in [9.17, 15) is 4.79 Å². The number of carbonyl (C=O) groups excluding carboxylic acids is 1. The number of carbonyl (C=O) groups is 1. The van der Waals surface area contributed by atoms with Gasteiger partial charge in [-0.2, -0.15) is 0 Å². The molecule has 3 atom stereocenters. The zero-order chi connectivity index (χ0) is 14.7. The Balaban J connectivity index is 2.05. The van der Waals surface area contributed by atoms with Crippen molar-refractivity contribution in [1.29, 1.82) is 0 Å². The van der Waals surface area contributed by atoms with Crippen LogP contribution in [-0.2, 0) is 9.53 Å². The summed E-state index contributed by atoms with van der Waals surface area (Å²) in [5.41, 5.74) is 3.65. The lowest BCUT2D eigenvalue weighted by Crippen LogP contribution is -2.55. The first-order chi connectivity index (χ1) is 9.50. The minimum atomic E-state index is -0.267. The van der Waals surface area contributed by atoms with Gasteiger partial charge in [0.25, 0.3) is 0 Å². The summed E-state index contributed by atoms with van der Waals surface area (Å²) >= 11 is 0. The number of aryl methyl sites for hydroxylation is 1. The molecule has 1 amide bonds. The molecule has 0 saturated carbocycles. The molecule has 1 unspecified atom stereocenters.